The third kappa shape index (κ3) is 2.76. The van der Waals surface area contributed by atoms with Gasteiger partial charge in [0.15, 0.2) is 5.60 Å². The smallest absolute Gasteiger partial charge is 0.376 e. The Morgan fingerprint density at radius 1 is 1.18 bits per heavy atom. The molecule has 0 saturated heterocycles. The van der Waals surface area contributed by atoms with E-state index in [0.29, 0.717) is 6.92 Å². The highest BCUT2D eigenvalue weighted by Crippen LogP contribution is 2.38. The van der Waals surface area contributed by atoms with Crippen LogP contribution in [0.15, 0.2) is 29.2 Å². The predicted octanol–water partition coefficient (Wildman–Crippen LogP) is 1.10. The van der Waals surface area contributed by atoms with Gasteiger partial charge in [-0.1, -0.05) is 12.1 Å². The number of hydrogen-bond acceptors (Lipinski definition) is 3. The highest BCUT2D eigenvalue weighted by atomic mass is 32.2. The van der Waals surface area contributed by atoms with Crippen LogP contribution in [-0.4, -0.2) is 19.7 Å². The molecule has 0 aliphatic heterocycles. The molecule has 0 aliphatic carbocycles. The van der Waals surface area contributed by atoms with Crippen LogP contribution in [0, 0.1) is 0 Å². The van der Waals surface area contributed by atoms with Gasteiger partial charge in [0.05, 0.1) is 4.90 Å². The van der Waals surface area contributed by atoms with Gasteiger partial charge in [-0.3, -0.25) is 0 Å². The van der Waals surface area contributed by atoms with Crippen molar-refractivity contribution in [3.63, 3.8) is 0 Å². The van der Waals surface area contributed by atoms with Gasteiger partial charge in [-0.05, 0) is 24.6 Å². The van der Waals surface area contributed by atoms with E-state index in [4.69, 9.17) is 5.14 Å². The van der Waals surface area contributed by atoms with Gasteiger partial charge < -0.3 is 5.11 Å². The molecular formula is C9H10F3NO3S. The van der Waals surface area contributed by atoms with Gasteiger partial charge in [0.2, 0.25) is 10.0 Å². The molecule has 1 aromatic rings. The first-order valence-electron chi connectivity index (χ1n) is 4.39. The van der Waals surface area contributed by atoms with Crippen molar-refractivity contribution in [1.82, 2.24) is 0 Å². The minimum Gasteiger partial charge on any atom is -0.376 e. The number of rotatable bonds is 2. The zero-order valence-electron chi connectivity index (χ0n) is 8.69. The van der Waals surface area contributed by atoms with Crippen LogP contribution in [0.25, 0.3) is 0 Å². The fourth-order valence-electron chi connectivity index (χ4n) is 1.13. The Hall–Kier alpha value is -1.12. The fourth-order valence-corrected chi connectivity index (χ4v) is 1.65. The lowest BCUT2D eigenvalue weighted by Crippen LogP contribution is -2.39. The normalized spacial score (nSPS) is 16.6. The summed E-state index contributed by atoms with van der Waals surface area (Å²) < 4.78 is 59.1. The summed E-state index contributed by atoms with van der Waals surface area (Å²) in [6, 6.07) is 3.55. The number of aliphatic hydroxyl groups is 1. The molecule has 8 heteroatoms. The average molecular weight is 269 g/mol. The van der Waals surface area contributed by atoms with Crippen molar-refractivity contribution in [3.05, 3.63) is 29.8 Å². The number of benzene rings is 1. The van der Waals surface area contributed by atoms with Crippen molar-refractivity contribution < 1.29 is 26.7 Å². The second-order valence-corrected chi connectivity index (χ2v) is 5.20. The average Bonchev–Trinajstić information content (AvgIpc) is 2.15. The zero-order chi connectivity index (χ0) is 13.5. The van der Waals surface area contributed by atoms with E-state index in [9.17, 15) is 26.7 Å². The number of sulfonamides is 1. The summed E-state index contributed by atoms with van der Waals surface area (Å²) in [6.45, 7) is 0.582. The van der Waals surface area contributed by atoms with Crippen LogP contribution in [0.5, 0.6) is 0 Å². The molecule has 1 unspecified atom stereocenters. The lowest BCUT2D eigenvalue weighted by molar-refractivity contribution is -0.258. The molecule has 0 radical (unpaired) electrons. The topological polar surface area (TPSA) is 80.4 Å². The largest absolute Gasteiger partial charge is 0.421 e. The lowest BCUT2D eigenvalue weighted by Gasteiger charge is -2.26. The fraction of sp³-hybridized carbons (Fsp3) is 0.333. The van der Waals surface area contributed by atoms with E-state index >= 15 is 0 Å². The predicted molar refractivity (Wildman–Crippen MR) is 53.4 cm³/mol. The van der Waals surface area contributed by atoms with Gasteiger partial charge in [-0.2, -0.15) is 13.2 Å². The third-order valence-corrected chi connectivity index (χ3v) is 3.23. The van der Waals surface area contributed by atoms with Gasteiger partial charge in [0.1, 0.15) is 0 Å². The Bertz CT molecular complexity index is 505. The van der Waals surface area contributed by atoms with Crippen molar-refractivity contribution in [1.29, 1.82) is 0 Å². The van der Waals surface area contributed by atoms with E-state index in [1.807, 2.05) is 0 Å². The Kier molecular flexibility index (Phi) is 3.25. The van der Waals surface area contributed by atoms with Crippen molar-refractivity contribution in [2.75, 3.05) is 0 Å². The minimum absolute atomic E-state index is 0.320. The molecule has 0 spiro atoms. The molecule has 0 saturated carbocycles. The maximum atomic E-state index is 12.5. The monoisotopic (exact) mass is 269 g/mol. The van der Waals surface area contributed by atoms with E-state index < -0.39 is 27.4 Å². The number of alkyl halides is 3. The molecule has 17 heavy (non-hydrogen) atoms. The van der Waals surface area contributed by atoms with Crippen LogP contribution in [0.4, 0.5) is 13.2 Å². The van der Waals surface area contributed by atoms with Gasteiger partial charge >= 0.3 is 6.18 Å². The van der Waals surface area contributed by atoms with Crippen LogP contribution in [-0.2, 0) is 15.6 Å². The van der Waals surface area contributed by atoms with E-state index in [1.54, 1.807) is 0 Å². The first-order valence-corrected chi connectivity index (χ1v) is 5.93. The number of nitrogens with two attached hydrogens (primary N) is 1. The summed E-state index contributed by atoms with van der Waals surface area (Å²) in [5, 5.41) is 14.1. The first kappa shape index (κ1) is 13.9. The minimum atomic E-state index is -4.85. The molecule has 1 rings (SSSR count). The summed E-state index contributed by atoms with van der Waals surface area (Å²) in [5.41, 5.74) is -3.50. The maximum Gasteiger partial charge on any atom is 0.421 e. The molecule has 1 aromatic carbocycles. The molecule has 0 bridgehead atoms. The van der Waals surface area contributed by atoms with Crippen molar-refractivity contribution in [3.8, 4) is 0 Å². The summed E-state index contributed by atoms with van der Waals surface area (Å²) in [5.74, 6) is 0. The second-order valence-electron chi connectivity index (χ2n) is 3.64. The Morgan fingerprint density at radius 3 is 1.88 bits per heavy atom. The summed E-state index contributed by atoms with van der Waals surface area (Å²) in [4.78, 5) is -0.320. The van der Waals surface area contributed by atoms with Gasteiger partial charge in [0.25, 0.3) is 0 Å². The Balaban J connectivity index is 3.21. The summed E-state index contributed by atoms with van der Waals surface area (Å²) in [6.07, 6.45) is -4.85. The maximum absolute atomic E-state index is 12.5. The third-order valence-electron chi connectivity index (χ3n) is 2.30. The van der Waals surface area contributed by atoms with E-state index in [-0.39, 0.29) is 4.90 Å². The highest BCUT2D eigenvalue weighted by Gasteiger charge is 2.51. The molecule has 0 aromatic heterocycles. The van der Waals surface area contributed by atoms with Crippen LogP contribution in [0.3, 0.4) is 0 Å². The summed E-state index contributed by atoms with van der Waals surface area (Å²) >= 11 is 0. The second kappa shape index (κ2) is 3.97. The van der Waals surface area contributed by atoms with Crippen LogP contribution in [0.1, 0.15) is 12.5 Å². The van der Waals surface area contributed by atoms with Gasteiger partial charge in [-0.15, -0.1) is 0 Å². The Morgan fingerprint density at radius 2 is 1.59 bits per heavy atom. The molecule has 4 nitrogen and oxygen atoms in total. The lowest BCUT2D eigenvalue weighted by atomic mass is 9.96. The molecule has 0 aliphatic rings. The first-order chi connectivity index (χ1) is 7.46. The summed E-state index contributed by atoms with van der Waals surface area (Å²) in [7, 11) is -3.96. The van der Waals surface area contributed by atoms with E-state index in [1.165, 1.54) is 0 Å². The standard InChI is InChI=1S/C9H10F3NO3S/c1-8(14,9(10,11)12)6-2-4-7(5-3-6)17(13,15)16/h2-5,14H,1H3,(H2,13,15,16). The van der Waals surface area contributed by atoms with Crippen molar-refractivity contribution in [2.45, 2.75) is 23.6 Å². The SMILES string of the molecule is CC(O)(c1ccc(S(N)(=O)=O)cc1)C(F)(F)F. The van der Waals surface area contributed by atoms with Crippen LogP contribution < -0.4 is 5.14 Å². The molecule has 96 valence electrons. The number of halogens is 3. The molecule has 1 atom stereocenters. The molecule has 0 fully saturated rings. The molecule has 0 heterocycles. The number of primary sulfonamides is 1. The quantitative estimate of drug-likeness (QED) is 0.843. The molecule has 0 amide bonds. The van der Waals surface area contributed by atoms with E-state index in [0.717, 1.165) is 24.3 Å². The molecular weight excluding hydrogens is 259 g/mol. The van der Waals surface area contributed by atoms with E-state index in [2.05, 4.69) is 0 Å². The van der Waals surface area contributed by atoms with Gasteiger partial charge in [-0.25, -0.2) is 13.6 Å². The van der Waals surface area contributed by atoms with Gasteiger partial charge in [0, 0.05) is 0 Å². The van der Waals surface area contributed by atoms with Crippen molar-refractivity contribution in [2.24, 2.45) is 5.14 Å². The van der Waals surface area contributed by atoms with Crippen molar-refractivity contribution >= 4 is 10.0 Å². The molecule has 3 N–H and O–H groups in total. The highest BCUT2D eigenvalue weighted by molar-refractivity contribution is 7.89. The zero-order valence-corrected chi connectivity index (χ0v) is 9.51. The Labute approximate surface area is 95.9 Å². The number of hydrogen-bond donors (Lipinski definition) is 2. The van der Waals surface area contributed by atoms with Crippen LogP contribution >= 0.6 is 0 Å². The van der Waals surface area contributed by atoms with Crippen LogP contribution in [0.2, 0.25) is 0 Å².